The molecule has 4 rings (SSSR count). The van der Waals surface area contributed by atoms with E-state index in [4.69, 9.17) is 33.0 Å². The zero-order chi connectivity index (χ0) is 24.2. The number of aromatic nitrogens is 1. The number of carbonyl (C=O) groups excluding carboxylic acids is 1. The molecule has 0 saturated heterocycles. The maximum Gasteiger partial charge on any atom is 0.191 e. The lowest BCUT2D eigenvalue weighted by Gasteiger charge is -2.22. The summed E-state index contributed by atoms with van der Waals surface area (Å²) < 4.78 is 5.58. The van der Waals surface area contributed by atoms with Gasteiger partial charge >= 0.3 is 0 Å². The fourth-order valence-electron chi connectivity index (χ4n) is 3.98. The summed E-state index contributed by atoms with van der Waals surface area (Å²) in [6, 6.07) is 15.1. The van der Waals surface area contributed by atoms with Crippen LogP contribution in [0.5, 0.6) is 5.75 Å². The minimum Gasteiger partial charge on any atom is -0.491 e. The number of H-pyrrole nitrogens is 1. The van der Waals surface area contributed by atoms with E-state index in [1.54, 1.807) is 48.7 Å². The SMILES string of the molecule is Cc1cc(NC(C(=O)c2c[nH]c3cc(Cl)ccc23)c2ccc(Cl)cc2CO)cc(OCCO)c1. The third kappa shape index (κ3) is 5.21. The topological polar surface area (TPSA) is 94.6 Å². The number of benzene rings is 3. The molecule has 3 aromatic carbocycles. The minimum absolute atomic E-state index is 0.104. The Labute approximate surface area is 207 Å². The van der Waals surface area contributed by atoms with E-state index >= 15 is 0 Å². The van der Waals surface area contributed by atoms with Crippen LogP contribution in [0.25, 0.3) is 10.9 Å². The molecule has 34 heavy (non-hydrogen) atoms. The first-order valence-electron chi connectivity index (χ1n) is 10.7. The zero-order valence-electron chi connectivity index (χ0n) is 18.4. The third-order valence-electron chi connectivity index (χ3n) is 5.48. The molecule has 1 atom stereocenters. The van der Waals surface area contributed by atoms with Crippen LogP contribution < -0.4 is 10.1 Å². The van der Waals surface area contributed by atoms with Crippen LogP contribution in [0.1, 0.15) is 33.1 Å². The molecule has 0 saturated carbocycles. The quantitative estimate of drug-likeness (QED) is 0.222. The Morgan fingerprint density at radius 3 is 2.59 bits per heavy atom. The van der Waals surface area contributed by atoms with Gasteiger partial charge in [-0.05, 0) is 60.0 Å². The molecule has 176 valence electrons. The molecule has 1 unspecified atom stereocenters. The highest BCUT2D eigenvalue weighted by Gasteiger charge is 2.27. The van der Waals surface area contributed by atoms with Crippen molar-refractivity contribution in [1.82, 2.24) is 4.98 Å². The minimum atomic E-state index is -0.818. The number of halogens is 2. The lowest BCUT2D eigenvalue weighted by molar-refractivity contribution is 0.0970. The Morgan fingerprint density at radius 1 is 1.06 bits per heavy atom. The smallest absolute Gasteiger partial charge is 0.191 e. The number of ketones is 1. The Hall–Kier alpha value is -3.03. The van der Waals surface area contributed by atoms with Crippen LogP contribution >= 0.6 is 23.2 Å². The molecule has 0 radical (unpaired) electrons. The van der Waals surface area contributed by atoms with Crippen molar-refractivity contribution in [2.45, 2.75) is 19.6 Å². The van der Waals surface area contributed by atoms with Gasteiger partial charge in [-0.1, -0.05) is 35.3 Å². The Kier molecular flexibility index (Phi) is 7.44. The van der Waals surface area contributed by atoms with Crippen molar-refractivity contribution in [3.63, 3.8) is 0 Å². The molecule has 0 bridgehead atoms. The van der Waals surface area contributed by atoms with Crippen molar-refractivity contribution in [3.05, 3.63) is 93.1 Å². The largest absolute Gasteiger partial charge is 0.491 e. The Morgan fingerprint density at radius 2 is 1.82 bits per heavy atom. The van der Waals surface area contributed by atoms with Crippen LogP contribution in [0.2, 0.25) is 10.0 Å². The highest BCUT2D eigenvalue weighted by molar-refractivity contribution is 6.31. The van der Waals surface area contributed by atoms with Crippen LogP contribution in [-0.2, 0) is 6.61 Å². The van der Waals surface area contributed by atoms with Crippen LogP contribution in [0.15, 0.2) is 60.8 Å². The van der Waals surface area contributed by atoms with Crippen LogP contribution in [0.3, 0.4) is 0 Å². The molecule has 6 nitrogen and oxygen atoms in total. The number of fused-ring (bicyclic) bond motifs is 1. The first-order chi connectivity index (χ1) is 16.4. The molecule has 4 aromatic rings. The van der Waals surface area contributed by atoms with Crippen molar-refractivity contribution in [1.29, 1.82) is 0 Å². The summed E-state index contributed by atoms with van der Waals surface area (Å²) in [5, 5.41) is 24.2. The molecule has 0 aliphatic carbocycles. The van der Waals surface area contributed by atoms with Gasteiger partial charge in [-0.15, -0.1) is 0 Å². The van der Waals surface area contributed by atoms with Crippen molar-refractivity contribution < 1.29 is 19.7 Å². The normalized spacial score (nSPS) is 12.0. The van der Waals surface area contributed by atoms with Crippen molar-refractivity contribution in [3.8, 4) is 5.75 Å². The van der Waals surface area contributed by atoms with Crippen molar-refractivity contribution in [2.75, 3.05) is 18.5 Å². The van der Waals surface area contributed by atoms with E-state index in [-0.39, 0.29) is 25.6 Å². The van der Waals surface area contributed by atoms with Crippen molar-refractivity contribution >= 4 is 45.6 Å². The number of hydrogen-bond acceptors (Lipinski definition) is 5. The number of carbonyl (C=O) groups is 1. The van der Waals surface area contributed by atoms with Crippen molar-refractivity contribution in [2.24, 2.45) is 0 Å². The fraction of sp³-hybridized carbons (Fsp3) is 0.192. The molecule has 0 aliphatic heterocycles. The molecule has 0 amide bonds. The van der Waals surface area contributed by atoms with Crippen LogP contribution in [-0.4, -0.2) is 34.2 Å². The van der Waals surface area contributed by atoms with Gasteiger partial charge in [0.15, 0.2) is 5.78 Å². The van der Waals surface area contributed by atoms with Gasteiger partial charge in [-0.2, -0.15) is 0 Å². The summed E-state index contributed by atoms with van der Waals surface area (Å²) >= 11 is 12.3. The van der Waals surface area contributed by atoms with Gasteiger partial charge in [-0.25, -0.2) is 0 Å². The molecular weight excluding hydrogens is 475 g/mol. The average molecular weight is 499 g/mol. The van der Waals surface area contributed by atoms with E-state index in [1.165, 1.54) is 0 Å². The summed E-state index contributed by atoms with van der Waals surface area (Å²) in [4.78, 5) is 17.0. The maximum absolute atomic E-state index is 13.9. The number of anilines is 1. The second-order valence-electron chi connectivity index (χ2n) is 7.94. The van der Waals surface area contributed by atoms with Crippen LogP contribution in [0, 0.1) is 6.92 Å². The average Bonchev–Trinajstić information content (AvgIpc) is 3.23. The first-order valence-corrected chi connectivity index (χ1v) is 11.5. The van der Waals surface area contributed by atoms with Gasteiger partial charge in [0, 0.05) is 44.5 Å². The molecule has 0 aliphatic rings. The number of hydrogen-bond donors (Lipinski definition) is 4. The summed E-state index contributed by atoms with van der Waals surface area (Å²) in [7, 11) is 0. The first kappa shape index (κ1) is 24.1. The van der Waals surface area contributed by atoms with E-state index in [1.807, 2.05) is 19.1 Å². The molecule has 8 heteroatoms. The molecular formula is C26H24Cl2N2O4. The zero-order valence-corrected chi connectivity index (χ0v) is 20.0. The van der Waals surface area contributed by atoms with E-state index < -0.39 is 6.04 Å². The predicted molar refractivity (Wildman–Crippen MR) is 135 cm³/mol. The number of aliphatic hydroxyl groups excluding tert-OH is 2. The summed E-state index contributed by atoms with van der Waals surface area (Å²) in [6.07, 6.45) is 1.67. The van der Waals surface area contributed by atoms with E-state index in [2.05, 4.69) is 10.3 Å². The fourth-order valence-corrected chi connectivity index (χ4v) is 4.35. The number of aromatic amines is 1. The van der Waals surface area contributed by atoms with Gasteiger partial charge in [0.05, 0.1) is 13.2 Å². The lowest BCUT2D eigenvalue weighted by Crippen LogP contribution is -2.23. The maximum atomic E-state index is 13.9. The molecule has 0 spiro atoms. The lowest BCUT2D eigenvalue weighted by atomic mass is 9.93. The summed E-state index contributed by atoms with van der Waals surface area (Å²) in [6.45, 7) is 1.70. The number of Topliss-reactive ketones (excluding diaryl/α,β-unsaturated/α-hetero) is 1. The molecule has 1 aromatic heterocycles. The number of aryl methyl sites for hydroxylation is 1. The van der Waals surface area contributed by atoms with E-state index in [0.717, 1.165) is 16.5 Å². The monoisotopic (exact) mass is 498 g/mol. The highest BCUT2D eigenvalue weighted by atomic mass is 35.5. The number of ether oxygens (including phenoxy) is 1. The van der Waals surface area contributed by atoms with Gasteiger partial charge in [0.1, 0.15) is 18.4 Å². The third-order valence-corrected chi connectivity index (χ3v) is 5.95. The van der Waals surface area contributed by atoms with E-state index in [0.29, 0.717) is 38.2 Å². The number of aliphatic hydroxyl groups is 2. The second kappa shape index (κ2) is 10.5. The summed E-state index contributed by atoms with van der Waals surface area (Å²) in [5.41, 5.74) is 3.98. The van der Waals surface area contributed by atoms with E-state index in [9.17, 15) is 9.90 Å². The molecule has 1 heterocycles. The van der Waals surface area contributed by atoms with Gasteiger partial charge in [0.25, 0.3) is 0 Å². The Bertz CT molecular complexity index is 1340. The second-order valence-corrected chi connectivity index (χ2v) is 8.81. The Balaban J connectivity index is 1.79. The molecule has 4 N–H and O–H groups in total. The predicted octanol–water partition coefficient (Wildman–Crippen LogP) is 5.68. The molecule has 0 fully saturated rings. The van der Waals surface area contributed by atoms with Gasteiger partial charge < -0.3 is 25.3 Å². The van der Waals surface area contributed by atoms with Gasteiger partial charge in [0.2, 0.25) is 0 Å². The summed E-state index contributed by atoms with van der Waals surface area (Å²) in [5.74, 6) is 0.382. The number of nitrogens with one attached hydrogen (secondary N) is 2. The highest BCUT2D eigenvalue weighted by Crippen LogP contribution is 2.33. The number of rotatable bonds is 9. The van der Waals surface area contributed by atoms with Gasteiger partial charge in [-0.3, -0.25) is 4.79 Å². The standard InChI is InChI=1S/C26H24Cl2N2O4/c1-15-8-19(12-20(9-15)34-7-6-31)30-25(21-4-2-17(27)10-16(21)14-32)26(33)23-13-29-24-11-18(28)3-5-22(23)24/h2-5,8-13,25,29-32H,6-7,14H2,1H3. The van der Waals surface area contributed by atoms with Crippen LogP contribution in [0.4, 0.5) is 5.69 Å².